The fourth-order valence-electron chi connectivity index (χ4n) is 2.39. The molecule has 0 aliphatic rings. The van der Waals surface area contributed by atoms with Gasteiger partial charge in [-0.1, -0.05) is 24.3 Å². The van der Waals surface area contributed by atoms with Gasteiger partial charge >= 0.3 is 0 Å². The lowest BCUT2D eigenvalue weighted by atomic mass is 9.98. The number of para-hydroxylation sites is 1. The maximum Gasteiger partial charge on any atom is 0.0704 e. The van der Waals surface area contributed by atoms with Crippen LogP contribution in [0.2, 0.25) is 0 Å². The molecule has 0 saturated heterocycles. The molecule has 0 fully saturated rings. The van der Waals surface area contributed by atoms with E-state index in [2.05, 4.69) is 22.1 Å². The Morgan fingerprint density at radius 1 is 1.05 bits per heavy atom. The molecule has 0 saturated carbocycles. The predicted octanol–water partition coefficient (Wildman–Crippen LogP) is 3.18. The molecule has 1 aromatic carbocycles. The van der Waals surface area contributed by atoms with Crippen molar-refractivity contribution >= 4 is 10.9 Å². The van der Waals surface area contributed by atoms with Crippen molar-refractivity contribution in [3.05, 3.63) is 71.7 Å². The molecule has 2 aromatic heterocycles. The van der Waals surface area contributed by atoms with Gasteiger partial charge in [-0.15, -0.1) is 0 Å². The molecule has 2 heterocycles. The number of aryl methyl sites for hydroxylation is 1. The minimum Gasteiger partial charge on any atom is -0.324 e. The smallest absolute Gasteiger partial charge is 0.0704 e. The topological polar surface area (TPSA) is 51.8 Å². The molecule has 2 N–H and O–H groups in total. The van der Waals surface area contributed by atoms with Crippen LogP contribution in [0.1, 0.15) is 22.9 Å². The van der Waals surface area contributed by atoms with Gasteiger partial charge in [0, 0.05) is 29.5 Å². The third kappa shape index (κ3) is 2.53. The molecule has 1 atom stereocenters. The summed E-state index contributed by atoms with van der Waals surface area (Å²) in [7, 11) is 0. The molecule has 3 heteroatoms. The number of aromatic nitrogens is 2. The van der Waals surface area contributed by atoms with Crippen LogP contribution in [-0.4, -0.2) is 9.97 Å². The number of rotatable bonds is 3. The fourth-order valence-corrected chi connectivity index (χ4v) is 2.39. The van der Waals surface area contributed by atoms with Crippen molar-refractivity contribution in [2.45, 2.75) is 19.4 Å². The van der Waals surface area contributed by atoms with Crippen molar-refractivity contribution in [3.63, 3.8) is 0 Å². The molecule has 20 heavy (non-hydrogen) atoms. The van der Waals surface area contributed by atoms with Crippen molar-refractivity contribution in [3.8, 4) is 0 Å². The fraction of sp³-hybridized carbons (Fsp3) is 0.176. The first kappa shape index (κ1) is 12.8. The Kier molecular flexibility index (Phi) is 3.44. The van der Waals surface area contributed by atoms with E-state index in [0.717, 1.165) is 23.2 Å². The van der Waals surface area contributed by atoms with E-state index in [0.29, 0.717) is 0 Å². The van der Waals surface area contributed by atoms with Crippen LogP contribution in [0.5, 0.6) is 0 Å². The average molecular weight is 263 g/mol. The van der Waals surface area contributed by atoms with Crippen molar-refractivity contribution in [2.24, 2.45) is 5.73 Å². The Morgan fingerprint density at radius 2 is 1.90 bits per heavy atom. The molecule has 0 aliphatic heterocycles. The summed E-state index contributed by atoms with van der Waals surface area (Å²) < 4.78 is 0. The van der Waals surface area contributed by atoms with Gasteiger partial charge in [0.05, 0.1) is 5.52 Å². The standard InChI is InChI=1S/C17H17N3/c1-12-6-7-14(11-20-12)16(18)10-13-8-9-19-17-5-3-2-4-15(13)17/h2-9,11,16H,10,18H2,1H3. The molecule has 0 spiro atoms. The van der Waals surface area contributed by atoms with E-state index < -0.39 is 0 Å². The first-order valence-electron chi connectivity index (χ1n) is 6.75. The molecule has 3 rings (SSSR count). The van der Waals surface area contributed by atoms with Gasteiger partial charge in [-0.2, -0.15) is 0 Å². The summed E-state index contributed by atoms with van der Waals surface area (Å²) in [4.78, 5) is 8.69. The molecule has 0 radical (unpaired) electrons. The van der Waals surface area contributed by atoms with Crippen molar-refractivity contribution < 1.29 is 0 Å². The minimum atomic E-state index is -0.0473. The predicted molar refractivity (Wildman–Crippen MR) is 81.3 cm³/mol. The van der Waals surface area contributed by atoms with Gasteiger partial charge in [-0.25, -0.2) is 0 Å². The van der Waals surface area contributed by atoms with Crippen LogP contribution in [-0.2, 0) is 6.42 Å². The summed E-state index contributed by atoms with van der Waals surface area (Å²) >= 11 is 0. The first-order valence-corrected chi connectivity index (χ1v) is 6.75. The Balaban J connectivity index is 1.91. The Morgan fingerprint density at radius 3 is 2.70 bits per heavy atom. The van der Waals surface area contributed by atoms with Crippen LogP contribution >= 0.6 is 0 Å². The highest BCUT2D eigenvalue weighted by atomic mass is 14.7. The largest absolute Gasteiger partial charge is 0.324 e. The van der Waals surface area contributed by atoms with Gasteiger partial charge < -0.3 is 5.73 Å². The normalized spacial score (nSPS) is 12.5. The molecule has 0 bridgehead atoms. The van der Waals surface area contributed by atoms with E-state index in [4.69, 9.17) is 5.73 Å². The zero-order valence-electron chi connectivity index (χ0n) is 11.5. The molecule has 3 nitrogen and oxygen atoms in total. The van der Waals surface area contributed by atoms with Gasteiger partial charge in [0.1, 0.15) is 0 Å². The molecule has 3 aromatic rings. The second kappa shape index (κ2) is 5.39. The van der Waals surface area contributed by atoms with Crippen molar-refractivity contribution in [2.75, 3.05) is 0 Å². The lowest BCUT2D eigenvalue weighted by molar-refractivity contribution is 0.720. The summed E-state index contributed by atoms with van der Waals surface area (Å²) in [6, 6.07) is 14.2. The highest BCUT2D eigenvalue weighted by molar-refractivity contribution is 5.81. The van der Waals surface area contributed by atoms with E-state index in [1.807, 2.05) is 49.6 Å². The second-order valence-electron chi connectivity index (χ2n) is 5.03. The number of hydrogen-bond donors (Lipinski definition) is 1. The average Bonchev–Trinajstić information content (AvgIpc) is 2.48. The molecule has 0 aliphatic carbocycles. The summed E-state index contributed by atoms with van der Waals surface area (Å²) in [6.07, 6.45) is 4.49. The lowest BCUT2D eigenvalue weighted by Crippen LogP contribution is -2.14. The number of hydrogen-bond acceptors (Lipinski definition) is 3. The number of pyridine rings is 2. The molecular formula is C17H17N3. The Labute approximate surface area is 118 Å². The van der Waals surface area contributed by atoms with Crippen LogP contribution in [0.4, 0.5) is 0 Å². The highest BCUT2D eigenvalue weighted by Crippen LogP contribution is 2.21. The zero-order chi connectivity index (χ0) is 13.9. The van der Waals surface area contributed by atoms with Crippen LogP contribution in [0.25, 0.3) is 10.9 Å². The second-order valence-corrected chi connectivity index (χ2v) is 5.03. The van der Waals surface area contributed by atoms with E-state index >= 15 is 0 Å². The van der Waals surface area contributed by atoms with Gasteiger partial charge in [0.25, 0.3) is 0 Å². The number of nitrogens with zero attached hydrogens (tertiary/aromatic N) is 2. The van der Waals surface area contributed by atoms with Crippen molar-refractivity contribution in [1.82, 2.24) is 9.97 Å². The number of nitrogens with two attached hydrogens (primary N) is 1. The molecule has 100 valence electrons. The van der Waals surface area contributed by atoms with Gasteiger partial charge in [0.15, 0.2) is 0 Å². The van der Waals surface area contributed by atoms with E-state index in [1.165, 1.54) is 10.9 Å². The lowest BCUT2D eigenvalue weighted by Gasteiger charge is -2.13. The van der Waals surface area contributed by atoms with Crippen LogP contribution < -0.4 is 5.73 Å². The Bertz CT molecular complexity index is 714. The third-order valence-corrected chi connectivity index (χ3v) is 3.54. The van der Waals surface area contributed by atoms with Crippen molar-refractivity contribution in [1.29, 1.82) is 0 Å². The maximum absolute atomic E-state index is 6.31. The summed E-state index contributed by atoms with van der Waals surface area (Å²) in [5, 5.41) is 1.17. The van der Waals surface area contributed by atoms with Crippen LogP contribution in [0.15, 0.2) is 54.9 Å². The SMILES string of the molecule is Cc1ccc(C(N)Cc2ccnc3ccccc23)cn1. The van der Waals surface area contributed by atoms with Gasteiger partial charge in [0.2, 0.25) is 0 Å². The van der Waals surface area contributed by atoms with Gasteiger partial charge in [-0.05, 0) is 42.7 Å². The summed E-state index contributed by atoms with van der Waals surface area (Å²) in [5.74, 6) is 0. The number of fused-ring (bicyclic) bond motifs is 1. The van der Waals surface area contributed by atoms with Crippen LogP contribution in [0, 0.1) is 6.92 Å². The first-order chi connectivity index (χ1) is 9.74. The summed E-state index contributed by atoms with van der Waals surface area (Å²) in [6.45, 7) is 1.98. The Hall–Kier alpha value is -2.26. The quantitative estimate of drug-likeness (QED) is 0.789. The van der Waals surface area contributed by atoms with Crippen LogP contribution in [0.3, 0.4) is 0 Å². The molecule has 0 amide bonds. The molecule has 1 unspecified atom stereocenters. The highest BCUT2D eigenvalue weighted by Gasteiger charge is 2.10. The maximum atomic E-state index is 6.31. The third-order valence-electron chi connectivity index (χ3n) is 3.54. The molecular weight excluding hydrogens is 246 g/mol. The van der Waals surface area contributed by atoms with E-state index in [9.17, 15) is 0 Å². The monoisotopic (exact) mass is 263 g/mol. The number of benzene rings is 1. The zero-order valence-corrected chi connectivity index (χ0v) is 11.5. The van der Waals surface area contributed by atoms with Gasteiger partial charge in [-0.3, -0.25) is 9.97 Å². The summed E-state index contributed by atoms with van der Waals surface area (Å²) in [5.41, 5.74) is 10.6. The van der Waals surface area contributed by atoms with E-state index in [-0.39, 0.29) is 6.04 Å². The van der Waals surface area contributed by atoms with E-state index in [1.54, 1.807) is 0 Å². The minimum absolute atomic E-state index is 0.0473.